The van der Waals surface area contributed by atoms with Gasteiger partial charge in [-0.05, 0) is 38.5 Å². The molecule has 1 aliphatic rings. The van der Waals surface area contributed by atoms with E-state index in [0.717, 1.165) is 0 Å². The normalized spacial score (nSPS) is 20.4. The van der Waals surface area contributed by atoms with E-state index in [9.17, 15) is 0 Å². The standard InChI is InChI=1S/C5H9NS/c7-6-5-3-1-2-4-5/h7H,1-4H2. The van der Waals surface area contributed by atoms with Crippen LogP contribution < -0.4 is 0 Å². The molecule has 0 heterocycles. The fraction of sp³-hybridized carbons (Fsp3) is 0.800. The van der Waals surface area contributed by atoms with Crippen molar-refractivity contribution in [1.29, 1.82) is 0 Å². The summed E-state index contributed by atoms with van der Waals surface area (Å²) >= 11 is 3.80. The molecule has 1 aliphatic carbocycles. The van der Waals surface area contributed by atoms with Gasteiger partial charge in [0.25, 0.3) is 0 Å². The summed E-state index contributed by atoms with van der Waals surface area (Å²) in [5.74, 6) is 0. The second-order valence-electron chi connectivity index (χ2n) is 1.87. The maximum absolute atomic E-state index is 3.80. The smallest absolute Gasteiger partial charge is 0.0259 e. The van der Waals surface area contributed by atoms with E-state index in [2.05, 4.69) is 17.2 Å². The number of rotatable bonds is 0. The van der Waals surface area contributed by atoms with Gasteiger partial charge in [-0.2, -0.15) is 0 Å². The number of hydrogen-bond acceptors (Lipinski definition) is 2. The molecule has 0 aromatic heterocycles. The quantitative estimate of drug-likeness (QED) is 0.462. The molecule has 1 saturated carbocycles. The Bertz CT molecular complexity index is 80.1. The molecule has 0 saturated heterocycles. The summed E-state index contributed by atoms with van der Waals surface area (Å²) in [6.07, 6.45) is 5.01. The molecule has 0 spiro atoms. The van der Waals surface area contributed by atoms with Gasteiger partial charge in [-0.3, -0.25) is 0 Å². The first kappa shape index (κ1) is 5.16. The van der Waals surface area contributed by atoms with Crippen molar-refractivity contribution in [1.82, 2.24) is 0 Å². The average Bonchev–Trinajstić information content (AvgIpc) is 2.14. The highest BCUT2D eigenvalue weighted by molar-refractivity contribution is 7.79. The zero-order valence-corrected chi connectivity index (χ0v) is 5.12. The highest BCUT2D eigenvalue weighted by Gasteiger charge is 2.05. The van der Waals surface area contributed by atoms with E-state index in [1.165, 1.54) is 31.4 Å². The summed E-state index contributed by atoms with van der Waals surface area (Å²) in [5, 5.41) is 0. The van der Waals surface area contributed by atoms with E-state index >= 15 is 0 Å². The lowest BCUT2D eigenvalue weighted by atomic mass is 10.3. The van der Waals surface area contributed by atoms with E-state index in [-0.39, 0.29) is 0 Å². The van der Waals surface area contributed by atoms with Crippen molar-refractivity contribution in [2.45, 2.75) is 25.7 Å². The molecule has 0 bridgehead atoms. The van der Waals surface area contributed by atoms with Crippen molar-refractivity contribution in [3.8, 4) is 0 Å². The Morgan fingerprint density at radius 2 is 1.86 bits per heavy atom. The molecular formula is C5H9NS. The topological polar surface area (TPSA) is 12.4 Å². The number of hydrogen-bond donors (Lipinski definition) is 1. The molecule has 0 amide bonds. The second kappa shape index (κ2) is 2.36. The third kappa shape index (κ3) is 1.20. The second-order valence-corrected chi connectivity index (χ2v) is 2.07. The van der Waals surface area contributed by atoms with Crippen molar-refractivity contribution in [3.63, 3.8) is 0 Å². The molecule has 2 heteroatoms. The molecule has 40 valence electrons. The van der Waals surface area contributed by atoms with Crippen LogP contribution in [0.5, 0.6) is 0 Å². The molecular weight excluding hydrogens is 106 g/mol. The fourth-order valence-electron chi connectivity index (χ4n) is 0.883. The van der Waals surface area contributed by atoms with Gasteiger partial charge in [-0.15, -0.1) is 0 Å². The van der Waals surface area contributed by atoms with Crippen LogP contribution in [0.15, 0.2) is 4.40 Å². The molecule has 1 rings (SSSR count). The van der Waals surface area contributed by atoms with Crippen LogP contribution in [-0.2, 0) is 0 Å². The van der Waals surface area contributed by atoms with Gasteiger partial charge in [-0.1, -0.05) is 0 Å². The Hall–Kier alpha value is 0.0200. The largest absolute Gasteiger partial charge is 0.229 e. The van der Waals surface area contributed by atoms with Crippen molar-refractivity contribution in [2.75, 3.05) is 0 Å². The molecule has 0 aromatic carbocycles. The number of nitrogens with zero attached hydrogens (tertiary/aromatic N) is 1. The van der Waals surface area contributed by atoms with Crippen LogP contribution in [-0.4, -0.2) is 5.71 Å². The van der Waals surface area contributed by atoms with Gasteiger partial charge in [0.05, 0.1) is 0 Å². The summed E-state index contributed by atoms with van der Waals surface area (Å²) < 4.78 is 3.80. The van der Waals surface area contributed by atoms with E-state index < -0.39 is 0 Å². The predicted molar refractivity (Wildman–Crippen MR) is 34.9 cm³/mol. The van der Waals surface area contributed by atoms with Crippen LogP contribution >= 0.6 is 12.8 Å². The van der Waals surface area contributed by atoms with E-state index in [4.69, 9.17) is 0 Å². The van der Waals surface area contributed by atoms with Crippen molar-refractivity contribution in [2.24, 2.45) is 4.40 Å². The van der Waals surface area contributed by atoms with Crippen LogP contribution in [0.3, 0.4) is 0 Å². The minimum atomic E-state index is 1.18. The zero-order valence-electron chi connectivity index (χ0n) is 4.22. The minimum Gasteiger partial charge on any atom is -0.229 e. The van der Waals surface area contributed by atoms with E-state index in [1.54, 1.807) is 0 Å². The van der Waals surface area contributed by atoms with Crippen molar-refractivity contribution >= 4 is 18.5 Å². The van der Waals surface area contributed by atoms with Gasteiger partial charge in [0, 0.05) is 5.71 Å². The minimum absolute atomic E-state index is 1.18. The van der Waals surface area contributed by atoms with Gasteiger partial charge in [0.15, 0.2) is 0 Å². The van der Waals surface area contributed by atoms with Gasteiger partial charge in [0.1, 0.15) is 0 Å². The van der Waals surface area contributed by atoms with Gasteiger partial charge in [0.2, 0.25) is 0 Å². The van der Waals surface area contributed by atoms with Crippen molar-refractivity contribution < 1.29 is 0 Å². The van der Waals surface area contributed by atoms with Gasteiger partial charge >= 0.3 is 0 Å². The summed E-state index contributed by atoms with van der Waals surface area (Å²) in [6.45, 7) is 0. The van der Waals surface area contributed by atoms with Crippen LogP contribution in [0.2, 0.25) is 0 Å². The monoisotopic (exact) mass is 115 g/mol. The Balaban J connectivity index is 2.41. The lowest BCUT2D eigenvalue weighted by molar-refractivity contribution is 0.886. The summed E-state index contributed by atoms with van der Waals surface area (Å²) in [7, 11) is 0. The first-order valence-electron chi connectivity index (χ1n) is 2.63. The maximum atomic E-state index is 3.80. The molecule has 0 N–H and O–H groups in total. The highest BCUT2D eigenvalue weighted by Crippen LogP contribution is 2.14. The fourth-order valence-corrected chi connectivity index (χ4v) is 1.08. The van der Waals surface area contributed by atoms with Gasteiger partial charge in [-0.25, -0.2) is 4.40 Å². The number of thiol groups is 1. The Labute approximate surface area is 49.4 Å². The summed E-state index contributed by atoms with van der Waals surface area (Å²) in [6, 6.07) is 0. The van der Waals surface area contributed by atoms with Crippen LogP contribution in [0.1, 0.15) is 25.7 Å². The Kier molecular flexibility index (Phi) is 1.74. The molecule has 0 atom stereocenters. The van der Waals surface area contributed by atoms with Crippen molar-refractivity contribution in [3.05, 3.63) is 0 Å². The first-order valence-corrected chi connectivity index (χ1v) is 3.03. The average molecular weight is 115 g/mol. The van der Waals surface area contributed by atoms with Gasteiger partial charge < -0.3 is 0 Å². The zero-order chi connectivity index (χ0) is 5.11. The molecule has 0 radical (unpaired) electrons. The lowest BCUT2D eigenvalue weighted by Crippen LogP contribution is -1.82. The van der Waals surface area contributed by atoms with Crippen LogP contribution in [0.4, 0.5) is 0 Å². The molecule has 0 aromatic rings. The predicted octanol–water partition coefficient (Wildman–Crippen LogP) is 1.85. The lowest BCUT2D eigenvalue weighted by Gasteiger charge is -1.83. The Morgan fingerprint density at radius 3 is 2.14 bits per heavy atom. The van der Waals surface area contributed by atoms with Crippen LogP contribution in [0, 0.1) is 0 Å². The first-order chi connectivity index (χ1) is 3.43. The highest BCUT2D eigenvalue weighted by atomic mass is 32.1. The maximum Gasteiger partial charge on any atom is 0.0259 e. The molecule has 0 unspecified atom stereocenters. The summed E-state index contributed by atoms with van der Waals surface area (Å²) in [4.78, 5) is 0. The van der Waals surface area contributed by atoms with E-state index in [0.29, 0.717) is 0 Å². The Morgan fingerprint density at radius 1 is 1.29 bits per heavy atom. The SMILES string of the molecule is SN=C1CCCC1. The third-order valence-electron chi connectivity index (χ3n) is 1.32. The molecule has 1 nitrogen and oxygen atoms in total. The third-order valence-corrected chi connectivity index (χ3v) is 1.60. The molecule has 7 heavy (non-hydrogen) atoms. The van der Waals surface area contributed by atoms with Crippen LogP contribution in [0.25, 0.3) is 0 Å². The molecule has 1 fully saturated rings. The summed E-state index contributed by atoms with van der Waals surface area (Å²) in [5.41, 5.74) is 1.28. The van der Waals surface area contributed by atoms with E-state index in [1.807, 2.05) is 0 Å². The molecule has 0 aliphatic heterocycles.